The molecule has 0 unspecified atom stereocenters. The van der Waals surface area contributed by atoms with E-state index in [0.29, 0.717) is 0 Å². The van der Waals surface area contributed by atoms with Crippen LogP contribution in [0.3, 0.4) is 0 Å². The Morgan fingerprint density at radius 3 is 1.20 bits per heavy atom. The molecule has 0 bridgehead atoms. The maximum atomic E-state index is 2.17. The zero-order valence-electron chi connectivity index (χ0n) is 9.96. The average molecular weight is 278 g/mol. The van der Waals surface area contributed by atoms with E-state index in [-0.39, 0.29) is 26.2 Å². The molecule has 1 heteroatoms. The van der Waals surface area contributed by atoms with Crippen molar-refractivity contribution in [1.29, 1.82) is 0 Å². The Morgan fingerprint density at radius 1 is 0.800 bits per heavy atom. The van der Waals surface area contributed by atoms with E-state index in [9.17, 15) is 0 Å². The largest absolute Gasteiger partial charge is 4.00 e. The van der Waals surface area contributed by atoms with Crippen molar-refractivity contribution in [1.82, 2.24) is 0 Å². The van der Waals surface area contributed by atoms with Gasteiger partial charge in [-0.1, -0.05) is 27.7 Å². The molecule has 15 heavy (non-hydrogen) atoms. The minimum absolute atomic E-state index is 0. The Kier molecular flexibility index (Phi) is 6.76. The molecular formula is C14H18Zr+2. The minimum Gasteiger partial charge on any atom is -0.211 e. The molecule has 0 fully saturated rings. The maximum absolute atomic E-state index is 2.17. The van der Waals surface area contributed by atoms with Crippen LogP contribution in [-0.2, 0) is 26.2 Å². The second-order valence-corrected chi connectivity index (χ2v) is 3.93. The standard InChI is InChI=1S/2C7H9.Zr/c2*1-6-3-4-7(2)5-6;/h2*3-5H,1-2H3;/q2*-1;+4. The first kappa shape index (κ1) is 14.6. The molecule has 0 atom stereocenters. The first-order valence-corrected chi connectivity index (χ1v) is 4.98. The molecule has 0 saturated heterocycles. The topological polar surface area (TPSA) is 0 Å². The van der Waals surface area contributed by atoms with E-state index in [1.54, 1.807) is 0 Å². The molecule has 2 rings (SSSR count). The van der Waals surface area contributed by atoms with E-state index in [1.165, 1.54) is 22.3 Å². The van der Waals surface area contributed by atoms with Crippen LogP contribution in [0.2, 0.25) is 0 Å². The van der Waals surface area contributed by atoms with Crippen LogP contribution in [0.1, 0.15) is 22.3 Å². The second-order valence-electron chi connectivity index (χ2n) is 3.93. The smallest absolute Gasteiger partial charge is 0.211 e. The Balaban J connectivity index is 0.000000245. The fraction of sp³-hybridized carbons (Fsp3) is 0.286. The van der Waals surface area contributed by atoms with Gasteiger partial charge in [0.25, 0.3) is 0 Å². The van der Waals surface area contributed by atoms with Gasteiger partial charge >= 0.3 is 26.2 Å². The van der Waals surface area contributed by atoms with Crippen LogP contribution in [0, 0.1) is 27.7 Å². The van der Waals surface area contributed by atoms with Gasteiger partial charge in [-0.2, -0.15) is 35.4 Å². The molecule has 0 aromatic heterocycles. The Hall–Kier alpha value is -0.417. The molecule has 0 N–H and O–H groups in total. The number of aryl methyl sites for hydroxylation is 4. The van der Waals surface area contributed by atoms with Gasteiger partial charge in [0.05, 0.1) is 0 Å². The zero-order chi connectivity index (χ0) is 10.6. The Labute approximate surface area is 112 Å². The average Bonchev–Trinajstić information content (AvgIpc) is 2.63. The van der Waals surface area contributed by atoms with Crippen molar-refractivity contribution in [2.75, 3.05) is 0 Å². The molecule has 0 aliphatic heterocycles. The molecule has 0 aliphatic rings. The van der Waals surface area contributed by atoms with E-state index in [1.807, 2.05) is 0 Å². The van der Waals surface area contributed by atoms with Gasteiger partial charge in [0.1, 0.15) is 0 Å². The van der Waals surface area contributed by atoms with Gasteiger partial charge in [-0.05, 0) is 0 Å². The molecule has 0 amide bonds. The Bertz CT molecular complexity index is 308. The van der Waals surface area contributed by atoms with Crippen molar-refractivity contribution in [3.63, 3.8) is 0 Å². The minimum atomic E-state index is 0. The summed E-state index contributed by atoms with van der Waals surface area (Å²) >= 11 is 0. The van der Waals surface area contributed by atoms with Crippen molar-refractivity contribution in [3.8, 4) is 0 Å². The van der Waals surface area contributed by atoms with Gasteiger partial charge < -0.3 is 0 Å². The van der Waals surface area contributed by atoms with E-state index in [0.717, 1.165) is 0 Å². The van der Waals surface area contributed by atoms with E-state index < -0.39 is 0 Å². The second kappa shape index (κ2) is 6.96. The molecule has 0 radical (unpaired) electrons. The predicted octanol–water partition coefficient (Wildman–Crippen LogP) is 4.04. The van der Waals surface area contributed by atoms with Crippen LogP contribution in [0.15, 0.2) is 36.4 Å². The summed E-state index contributed by atoms with van der Waals surface area (Å²) in [5.74, 6) is 0. The molecule has 2 aromatic rings. The fourth-order valence-corrected chi connectivity index (χ4v) is 1.44. The SMILES string of the molecule is Cc1cc[c-](C)c1.Cc1cc[c-](C)c1.[Zr+4]. The van der Waals surface area contributed by atoms with Crippen LogP contribution in [-0.4, -0.2) is 0 Å². The summed E-state index contributed by atoms with van der Waals surface area (Å²) in [4.78, 5) is 0. The molecule has 0 heterocycles. The number of hydrogen-bond acceptors (Lipinski definition) is 0. The van der Waals surface area contributed by atoms with Crippen molar-refractivity contribution in [2.24, 2.45) is 0 Å². The van der Waals surface area contributed by atoms with Crippen LogP contribution in [0.5, 0.6) is 0 Å². The van der Waals surface area contributed by atoms with Crippen molar-refractivity contribution in [3.05, 3.63) is 58.7 Å². The van der Waals surface area contributed by atoms with Crippen LogP contribution < -0.4 is 0 Å². The van der Waals surface area contributed by atoms with E-state index in [2.05, 4.69) is 64.1 Å². The molecular weight excluding hydrogens is 259 g/mol. The predicted molar refractivity (Wildman–Crippen MR) is 63.0 cm³/mol. The summed E-state index contributed by atoms with van der Waals surface area (Å²) < 4.78 is 0. The van der Waals surface area contributed by atoms with Gasteiger partial charge in [0, 0.05) is 0 Å². The fourth-order valence-electron chi connectivity index (χ4n) is 1.44. The number of rotatable bonds is 0. The maximum Gasteiger partial charge on any atom is 4.00 e. The molecule has 0 spiro atoms. The number of hydrogen-bond donors (Lipinski definition) is 0. The van der Waals surface area contributed by atoms with Crippen LogP contribution in [0.25, 0.3) is 0 Å². The molecule has 76 valence electrons. The first-order chi connectivity index (χ1) is 6.58. The third-order valence-electron chi connectivity index (χ3n) is 2.13. The third-order valence-corrected chi connectivity index (χ3v) is 2.13. The van der Waals surface area contributed by atoms with E-state index in [4.69, 9.17) is 0 Å². The molecule has 2 aromatic carbocycles. The van der Waals surface area contributed by atoms with Gasteiger partial charge in [-0.25, -0.2) is 23.3 Å². The summed E-state index contributed by atoms with van der Waals surface area (Å²) in [6.45, 7) is 8.42. The normalized spacial score (nSPS) is 8.80. The summed E-state index contributed by atoms with van der Waals surface area (Å²) in [6, 6.07) is 12.8. The van der Waals surface area contributed by atoms with Gasteiger partial charge in [-0.3, -0.25) is 0 Å². The van der Waals surface area contributed by atoms with Crippen LogP contribution >= 0.6 is 0 Å². The molecule has 0 aliphatic carbocycles. The van der Waals surface area contributed by atoms with Gasteiger partial charge in [-0.15, -0.1) is 0 Å². The quantitative estimate of drug-likeness (QED) is 0.638. The first-order valence-electron chi connectivity index (χ1n) is 4.98. The van der Waals surface area contributed by atoms with Gasteiger partial charge in [0.15, 0.2) is 0 Å². The van der Waals surface area contributed by atoms with Crippen LogP contribution in [0.4, 0.5) is 0 Å². The van der Waals surface area contributed by atoms with E-state index >= 15 is 0 Å². The Morgan fingerprint density at radius 2 is 1.13 bits per heavy atom. The summed E-state index contributed by atoms with van der Waals surface area (Å²) in [6.07, 6.45) is 0. The zero-order valence-corrected chi connectivity index (χ0v) is 12.4. The summed E-state index contributed by atoms with van der Waals surface area (Å²) in [7, 11) is 0. The van der Waals surface area contributed by atoms with Crippen molar-refractivity contribution in [2.45, 2.75) is 27.7 Å². The molecule has 0 saturated carbocycles. The summed E-state index contributed by atoms with van der Waals surface area (Å²) in [5.41, 5.74) is 5.44. The van der Waals surface area contributed by atoms with Gasteiger partial charge in [0.2, 0.25) is 0 Å². The van der Waals surface area contributed by atoms with Crippen molar-refractivity contribution >= 4 is 0 Å². The monoisotopic (exact) mass is 276 g/mol. The molecule has 0 nitrogen and oxygen atoms in total. The van der Waals surface area contributed by atoms with Crippen molar-refractivity contribution < 1.29 is 26.2 Å². The summed E-state index contributed by atoms with van der Waals surface area (Å²) in [5, 5.41) is 0. The third kappa shape index (κ3) is 5.89.